The van der Waals surface area contributed by atoms with Crippen LogP contribution in [-0.4, -0.2) is 30.4 Å². The lowest BCUT2D eigenvalue weighted by atomic mass is 10.0. The van der Waals surface area contributed by atoms with Crippen LogP contribution in [0.3, 0.4) is 0 Å². The molecule has 0 unspecified atom stereocenters. The van der Waals surface area contributed by atoms with Gasteiger partial charge in [-0.3, -0.25) is 4.79 Å². The van der Waals surface area contributed by atoms with Crippen molar-refractivity contribution in [3.05, 3.63) is 70.8 Å². The monoisotopic (exact) mass is 354 g/mol. The summed E-state index contributed by atoms with van der Waals surface area (Å²) in [6.45, 7) is 4.34. The van der Waals surface area contributed by atoms with Gasteiger partial charge >= 0.3 is 0 Å². The van der Waals surface area contributed by atoms with Gasteiger partial charge in [-0.05, 0) is 49.6 Å². The molecule has 0 saturated heterocycles. The number of nitrogens with one attached hydrogen (secondary N) is 1. The van der Waals surface area contributed by atoms with Gasteiger partial charge in [0.2, 0.25) is 0 Å². The Labute approximate surface area is 154 Å². The van der Waals surface area contributed by atoms with Gasteiger partial charge in [0.1, 0.15) is 0 Å². The molecule has 3 nitrogen and oxygen atoms in total. The fourth-order valence-corrected chi connectivity index (χ4v) is 3.38. The number of hydrogen-bond acceptors (Lipinski definition) is 2. The van der Waals surface area contributed by atoms with E-state index in [0.717, 1.165) is 31.6 Å². The van der Waals surface area contributed by atoms with Crippen LogP contribution in [0, 0.1) is 0 Å². The zero-order chi connectivity index (χ0) is 17.6. The molecule has 4 heteroatoms. The van der Waals surface area contributed by atoms with E-state index in [4.69, 9.17) is 11.6 Å². The number of allylic oxidation sites excluding steroid dienone is 1. The van der Waals surface area contributed by atoms with E-state index in [9.17, 15) is 4.79 Å². The predicted molar refractivity (Wildman–Crippen MR) is 105 cm³/mol. The van der Waals surface area contributed by atoms with Crippen molar-refractivity contribution in [2.75, 3.05) is 25.0 Å². The maximum atomic E-state index is 12.9. The van der Waals surface area contributed by atoms with Crippen molar-refractivity contribution < 1.29 is 4.79 Å². The average Bonchev–Trinajstić information content (AvgIpc) is 2.88. The third-order valence-corrected chi connectivity index (χ3v) is 4.62. The Morgan fingerprint density at radius 1 is 1.20 bits per heavy atom. The van der Waals surface area contributed by atoms with Crippen LogP contribution in [0.25, 0.3) is 5.57 Å². The molecule has 0 radical (unpaired) electrons. The number of anilines is 1. The number of rotatable bonds is 4. The summed E-state index contributed by atoms with van der Waals surface area (Å²) in [5.74, 6) is 0.0382. The second-order valence-electron chi connectivity index (χ2n) is 6.18. The fraction of sp³-hybridized carbons (Fsp3) is 0.286. The highest BCUT2D eigenvalue weighted by molar-refractivity contribution is 6.30. The summed E-state index contributed by atoms with van der Waals surface area (Å²) in [5, 5.41) is 4.01. The molecule has 1 aliphatic rings. The zero-order valence-corrected chi connectivity index (χ0v) is 15.2. The van der Waals surface area contributed by atoms with Crippen molar-refractivity contribution in [2.45, 2.75) is 19.8 Å². The van der Waals surface area contributed by atoms with Crippen molar-refractivity contribution >= 4 is 28.8 Å². The van der Waals surface area contributed by atoms with Gasteiger partial charge in [0.25, 0.3) is 5.91 Å². The van der Waals surface area contributed by atoms with E-state index in [-0.39, 0.29) is 5.91 Å². The quantitative estimate of drug-likeness (QED) is 0.829. The van der Waals surface area contributed by atoms with Gasteiger partial charge in [0.05, 0.1) is 0 Å². The molecular formula is C21H23ClN2O. The maximum Gasteiger partial charge on any atom is 0.254 e. The molecule has 1 aliphatic heterocycles. The summed E-state index contributed by atoms with van der Waals surface area (Å²) in [4.78, 5) is 14.8. The summed E-state index contributed by atoms with van der Waals surface area (Å²) in [6.07, 6.45) is 4.22. The maximum absolute atomic E-state index is 12.9. The molecule has 0 bridgehead atoms. The first-order valence-electron chi connectivity index (χ1n) is 8.76. The molecule has 25 heavy (non-hydrogen) atoms. The van der Waals surface area contributed by atoms with Crippen molar-refractivity contribution in [2.24, 2.45) is 0 Å². The Morgan fingerprint density at radius 3 is 2.84 bits per heavy atom. The molecule has 1 amide bonds. The van der Waals surface area contributed by atoms with Crippen LogP contribution in [0.1, 0.15) is 35.7 Å². The van der Waals surface area contributed by atoms with Crippen molar-refractivity contribution in [3.63, 3.8) is 0 Å². The molecule has 3 rings (SSSR count). The number of benzene rings is 2. The molecule has 0 atom stereocenters. The number of hydrogen-bond donors (Lipinski definition) is 1. The van der Waals surface area contributed by atoms with Gasteiger partial charge in [-0.15, -0.1) is 0 Å². The van der Waals surface area contributed by atoms with Crippen LogP contribution in [0.2, 0.25) is 5.02 Å². The molecule has 2 aromatic carbocycles. The Bertz CT molecular complexity index is 785. The van der Waals surface area contributed by atoms with Crippen LogP contribution in [-0.2, 0) is 0 Å². The summed E-state index contributed by atoms with van der Waals surface area (Å²) in [7, 11) is 0. The third-order valence-electron chi connectivity index (χ3n) is 4.38. The minimum absolute atomic E-state index is 0.0382. The van der Waals surface area contributed by atoms with Crippen LogP contribution in [0.5, 0.6) is 0 Å². The summed E-state index contributed by atoms with van der Waals surface area (Å²) in [5.41, 5.74) is 4.14. The highest BCUT2D eigenvalue weighted by Gasteiger charge is 2.20. The molecule has 0 saturated carbocycles. The van der Waals surface area contributed by atoms with Gasteiger partial charge in [-0.1, -0.05) is 41.9 Å². The normalized spacial score (nSPS) is 14.6. The molecule has 0 fully saturated rings. The van der Waals surface area contributed by atoms with E-state index in [2.05, 4.69) is 30.4 Å². The summed E-state index contributed by atoms with van der Waals surface area (Å²) in [6, 6.07) is 15.5. The standard InChI is InChI=1S/C21H23ClN2O/c1-2-23-20-12-4-3-11-19(20)17-8-5-6-13-24(15-17)21(25)16-9-7-10-18(22)14-16/h3-4,7-12,14,23H,2,5-6,13,15H2,1H3. The molecule has 1 N–H and O–H groups in total. The van der Waals surface area contributed by atoms with Gasteiger partial charge < -0.3 is 10.2 Å². The number of carbonyl (C=O) groups excluding carboxylic acids is 1. The summed E-state index contributed by atoms with van der Waals surface area (Å²) < 4.78 is 0. The fourth-order valence-electron chi connectivity index (χ4n) is 3.19. The average molecular weight is 355 g/mol. The van der Waals surface area contributed by atoms with E-state index >= 15 is 0 Å². The topological polar surface area (TPSA) is 32.3 Å². The van der Waals surface area contributed by atoms with Gasteiger partial charge in [0.15, 0.2) is 0 Å². The van der Waals surface area contributed by atoms with E-state index in [1.807, 2.05) is 29.2 Å². The first-order valence-corrected chi connectivity index (χ1v) is 9.14. The van der Waals surface area contributed by atoms with E-state index in [0.29, 0.717) is 17.1 Å². The minimum atomic E-state index is 0.0382. The number of amides is 1. The number of nitrogens with zero attached hydrogens (tertiary/aromatic N) is 1. The van der Waals surface area contributed by atoms with Gasteiger partial charge in [0, 0.05) is 41.5 Å². The minimum Gasteiger partial charge on any atom is -0.385 e. The smallest absolute Gasteiger partial charge is 0.254 e. The van der Waals surface area contributed by atoms with Crippen molar-refractivity contribution in [3.8, 4) is 0 Å². The lowest BCUT2D eigenvalue weighted by Gasteiger charge is -2.23. The Morgan fingerprint density at radius 2 is 2.04 bits per heavy atom. The second kappa shape index (κ2) is 8.21. The molecule has 130 valence electrons. The molecule has 0 aliphatic carbocycles. The Balaban J connectivity index is 1.86. The SMILES string of the molecule is CCNc1ccccc1C1=CCCCN(C(=O)c2cccc(Cl)c2)C1. The summed E-state index contributed by atoms with van der Waals surface area (Å²) >= 11 is 6.05. The third kappa shape index (κ3) is 4.23. The highest BCUT2D eigenvalue weighted by atomic mass is 35.5. The van der Waals surface area contributed by atoms with Gasteiger partial charge in [-0.25, -0.2) is 0 Å². The van der Waals surface area contributed by atoms with Crippen LogP contribution in [0.4, 0.5) is 5.69 Å². The molecule has 1 heterocycles. The van der Waals surface area contributed by atoms with E-state index in [1.165, 1.54) is 11.1 Å². The Hall–Kier alpha value is -2.26. The van der Waals surface area contributed by atoms with Crippen molar-refractivity contribution in [1.29, 1.82) is 0 Å². The molecule has 2 aromatic rings. The highest BCUT2D eigenvalue weighted by Crippen LogP contribution is 2.28. The van der Waals surface area contributed by atoms with Gasteiger partial charge in [-0.2, -0.15) is 0 Å². The Kier molecular flexibility index (Phi) is 5.77. The number of halogens is 1. The lowest BCUT2D eigenvalue weighted by molar-refractivity contribution is 0.0778. The predicted octanol–water partition coefficient (Wildman–Crippen LogP) is 5.09. The van der Waals surface area contributed by atoms with Crippen LogP contribution >= 0.6 is 11.6 Å². The first-order chi connectivity index (χ1) is 12.2. The van der Waals surface area contributed by atoms with E-state index < -0.39 is 0 Å². The molecule has 0 spiro atoms. The van der Waals surface area contributed by atoms with Crippen molar-refractivity contribution in [1.82, 2.24) is 4.90 Å². The molecule has 0 aromatic heterocycles. The number of carbonyl (C=O) groups is 1. The van der Waals surface area contributed by atoms with E-state index in [1.54, 1.807) is 12.1 Å². The second-order valence-corrected chi connectivity index (χ2v) is 6.62. The van der Waals surface area contributed by atoms with Crippen LogP contribution < -0.4 is 5.32 Å². The number of para-hydroxylation sites is 1. The zero-order valence-electron chi connectivity index (χ0n) is 14.5. The lowest BCUT2D eigenvalue weighted by Crippen LogP contribution is -2.32. The molecular weight excluding hydrogens is 332 g/mol. The first kappa shape index (κ1) is 17.6. The largest absolute Gasteiger partial charge is 0.385 e. The van der Waals surface area contributed by atoms with Crippen LogP contribution in [0.15, 0.2) is 54.6 Å².